The molecule has 8 nitrogen and oxygen atoms in total. The van der Waals surface area contributed by atoms with Gasteiger partial charge in [0.05, 0.1) is 12.2 Å². The third-order valence-corrected chi connectivity index (χ3v) is 4.58. The summed E-state index contributed by atoms with van der Waals surface area (Å²) in [6.45, 7) is 3.05. The molecule has 1 N–H and O–H groups in total. The molecule has 1 fully saturated rings. The molecule has 0 aliphatic carbocycles. The van der Waals surface area contributed by atoms with Gasteiger partial charge in [0.25, 0.3) is 5.91 Å². The number of hydrogen-bond donors (Lipinski definition) is 1. The van der Waals surface area contributed by atoms with Gasteiger partial charge < -0.3 is 15.0 Å². The Bertz CT molecular complexity index is 762. The van der Waals surface area contributed by atoms with Crippen molar-refractivity contribution in [3.63, 3.8) is 0 Å². The lowest BCUT2D eigenvalue weighted by Gasteiger charge is -2.38. The minimum absolute atomic E-state index is 0.0874. The van der Waals surface area contributed by atoms with E-state index < -0.39 is 12.1 Å². The van der Waals surface area contributed by atoms with E-state index in [-0.39, 0.29) is 18.4 Å². The first-order valence-electron chi connectivity index (χ1n) is 8.62. The molecule has 1 aromatic carbocycles. The average Bonchev–Trinajstić information content (AvgIpc) is 3.15. The highest BCUT2D eigenvalue weighted by Crippen LogP contribution is 2.31. The molecule has 1 saturated heterocycles. The summed E-state index contributed by atoms with van der Waals surface area (Å²) >= 11 is 0. The Morgan fingerprint density at radius 3 is 2.92 bits per heavy atom. The van der Waals surface area contributed by atoms with Crippen LogP contribution in [0.1, 0.15) is 23.6 Å². The Kier molecular flexibility index (Phi) is 5.62. The third-order valence-electron chi connectivity index (χ3n) is 4.58. The molecule has 3 rings (SSSR count). The fraction of sp³-hybridized carbons (Fsp3) is 0.444. The van der Waals surface area contributed by atoms with E-state index in [0.717, 1.165) is 17.5 Å². The number of carbonyl (C=O) groups is 2. The van der Waals surface area contributed by atoms with E-state index in [0.29, 0.717) is 13.1 Å². The van der Waals surface area contributed by atoms with Crippen LogP contribution < -0.4 is 5.32 Å². The predicted molar refractivity (Wildman–Crippen MR) is 94.1 cm³/mol. The first-order chi connectivity index (χ1) is 12.6. The fourth-order valence-corrected chi connectivity index (χ4v) is 3.13. The third kappa shape index (κ3) is 3.91. The van der Waals surface area contributed by atoms with Crippen molar-refractivity contribution in [3.05, 3.63) is 47.8 Å². The van der Waals surface area contributed by atoms with Crippen LogP contribution in [0.15, 0.2) is 36.7 Å². The van der Waals surface area contributed by atoms with Gasteiger partial charge in [0, 0.05) is 26.3 Å². The summed E-state index contributed by atoms with van der Waals surface area (Å²) in [5, 5.41) is 10.5. The van der Waals surface area contributed by atoms with E-state index in [1.807, 2.05) is 31.2 Å². The van der Waals surface area contributed by atoms with Gasteiger partial charge in [-0.2, -0.15) is 0 Å². The van der Waals surface area contributed by atoms with E-state index in [4.69, 9.17) is 4.74 Å². The van der Waals surface area contributed by atoms with Crippen molar-refractivity contribution in [2.45, 2.75) is 32.0 Å². The second-order valence-electron chi connectivity index (χ2n) is 6.35. The Balaban J connectivity index is 1.66. The van der Waals surface area contributed by atoms with E-state index in [1.54, 1.807) is 29.0 Å². The van der Waals surface area contributed by atoms with Gasteiger partial charge in [-0.3, -0.25) is 14.3 Å². The van der Waals surface area contributed by atoms with Crippen molar-refractivity contribution in [2.24, 2.45) is 0 Å². The van der Waals surface area contributed by atoms with Crippen LogP contribution in [-0.2, 0) is 20.9 Å². The van der Waals surface area contributed by atoms with Gasteiger partial charge in [-0.05, 0) is 24.5 Å². The molecule has 8 heteroatoms. The molecule has 2 amide bonds. The molecule has 2 aromatic rings. The maximum absolute atomic E-state index is 12.7. The normalized spacial score (nSPS) is 20.2. The minimum Gasteiger partial charge on any atom is -0.356 e. The average molecular weight is 357 g/mol. The highest BCUT2D eigenvalue weighted by atomic mass is 16.5. The molecule has 2 heterocycles. The number of hydrogen-bond acceptors (Lipinski definition) is 5. The zero-order chi connectivity index (χ0) is 18.5. The largest absolute Gasteiger partial charge is 0.356 e. The van der Waals surface area contributed by atoms with Gasteiger partial charge in [-0.25, -0.2) is 0 Å². The smallest absolute Gasteiger partial charge is 0.251 e. The molecule has 0 unspecified atom stereocenters. The highest BCUT2D eigenvalue weighted by Gasteiger charge is 2.40. The Labute approximate surface area is 152 Å². The molecule has 1 aliphatic rings. The lowest BCUT2D eigenvalue weighted by Crippen LogP contribution is -2.53. The standard InChI is InChI=1S/C18H23N5O3/c1-13-6-3-4-7-14(13)16-17(26-12-15(24)22(16)2)18(25)19-8-5-10-23-11-9-20-21-23/h3-4,6-7,9,11,16-17H,5,8,10,12H2,1-2H3,(H,19,25)/t16-,17+/m1/s1. The summed E-state index contributed by atoms with van der Waals surface area (Å²) in [4.78, 5) is 26.4. The van der Waals surface area contributed by atoms with Crippen molar-refractivity contribution in [3.8, 4) is 0 Å². The Hall–Kier alpha value is -2.74. The number of aryl methyl sites for hydroxylation is 2. The van der Waals surface area contributed by atoms with Crippen molar-refractivity contribution < 1.29 is 14.3 Å². The molecule has 2 atom stereocenters. The van der Waals surface area contributed by atoms with Crippen LogP contribution in [0.2, 0.25) is 0 Å². The molecule has 1 aliphatic heterocycles. The lowest BCUT2D eigenvalue weighted by atomic mass is 9.94. The molecule has 26 heavy (non-hydrogen) atoms. The van der Waals surface area contributed by atoms with Gasteiger partial charge >= 0.3 is 0 Å². The van der Waals surface area contributed by atoms with E-state index in [9.17, 15) is 9.59 Å². The molecular formula is C18H23N5O3. The Morgan fingerprint density at radius 1 is 1.38 bits per heavy atom. The number of carbonyl (C=O) groups excluding carboxylic acids is 2. The van der Waals surface area contributed by atoms with E-state index in [2.05, 4.69) is 15.6 Å². The molecule has 0 spiro atoms. The summed E-state index contributed by atoms with van der Waals surface area (Å²) in [5.41, 5.74) is 1.94. The quantitative estimate of drug-likeness (QED) is 0.769. The zero-order valence-corrected chi connectivity index (χ0v) is 15.0. The fourth-order valence-electron chi connectivity index (χ4n) is 3.13. The van der Waals surface area contributed by atoms with Crippen LogP contribution in [0.25, 0.3) is 0 Å². The summed E-state index contributed by atoms with van der Waals surface area (Å²) in [6.07, 6.45) is 3.39. The number of aromatic nitrogens is 3. The van der Waals surface area contributed by atoms with Crippen LogP contribution in [-0.4, -0.2) is 58.0 Å². The SMILES string of the molecule is Cc1ccccc1[C@@H]1[C@@H](C(=O)NCCCn2ccnn2)OCC(=O)N1C. The predicted octanol–water partition coefficient (Wildman–Crippen LogP) is 0.691. The van der Waals surface area contributed by atoms with Crippen molar-refractivity contribution in [1.29, 1.82) is 0 Å². The van der Waals surface area contributed by atoms with E-state index >= 15 is 0 Å². The number of ether oxygens (including phenoxy) is 1. The van der Waals surface area contributed by atoms with Gasteiger partial charge in [0.1, 0.15) is 6.61 Å². The zero-order valence-electron chi connectivity index (χ0n) is 15.0. The van der Waals surface area contributed by atoms with Crippen LogP contribution in [0.4, 0.5) is 0 Å². The number of amides is 2. The molecule has 0 bridgehead atoms. The number of morpholine rings is 1. The molecule has 0 saturated carbocycles. The highest BCUT2D eigenvalue weighted by molar-refractivity contribution is 5.86. The summed E-state index contributed by atoms with van der Waals surface area (Å²) < 4.78 is 7.33. The second kappa shape index (κ2) is 8.09. The first-order valence-corrected chi connectivity index (χ1v) is 8.62. The van der Waals surface area contributed by atoms with Crippen molar-refractivity contribution in [2.75, 3.05) is 20.2 Å². The minimum atomic E-state index is -0.731. The number of rotatable bonds is 6. The summed E-state index contributed by atoms with van der Waals surface area (Å²) in [5.74, 6) is -0.343. The first kappa shape index (κ1) is 18.1. The lowest BCUT2D eigenvalue weighted by molar-refractivity contribution is -0.162. The van der Waals surface area contributed by atoms with Crippen LogP contribution in [0, 0.1) is 6.92 Å². The van der Waals surface area contributed by atoms with Crippen molar-refractivity contribution in [1.82, 2.24) is 25.2 Å². The molecule has 0 radical (unpaired) electrons. The van der Waals surface area contributed by atoms with Crippen molar-refractivity contribution >= 4 is 11.8 Å². The molecule has 1 aromatic heterocycles. The van der Waals surface area contributed by atoms with Gasteiger partial charge in [-0.15, -0.1) is 5.10 Å². The summed E-state index contributed by atoms with van der Waals surface area (Å²) in [6, 6.07) is 7.30. The van der Waals surface area contributed by atoms with Crippen LogP contribution >= 0.6 is 0 Å². The second-order valence-corrected chi connectivity index (χ2v) is 6.35. The number of benzene rings is 1. The monoisotopic (exact) mass is 357 g/mol. The van der Waals surface area contributed by atoms with Crippen LogP contribution in [0.3, 0.4) is 0 Å². The van der Waals surface area contributed by atoms with E-state index in [1.165, 1.54) is 0 Å². The van der Waals surface area contributed by atoms with Gasteiger partial charge in [-0.1, -0.05) is 29.5 Å². The van der Waals surface area contributed by atoms with Gasteiger partial charge in [0.2, 0.25) is 5.91 Å². The Morgan fingerprint density at radius 2 is 2.19 bits per heavy atom. The molecular weight excluding hydrogens is 334 g/mol. The number of nitrogens with zero attached hydrogens (tertiary/aromatic N) is 4. The summed E-state index contributed by atoms with van der Waals surface area (Å²) in [7, 11) is 1.72. The maximum Gasteiger partial charge on any atom is 0.251 e. The maximum atomic E-state index is 12.7. The number of likely N-dealkylation sites (N-methyl/N-ethyl adjacent to an activating group) is 1. The van der Waals surface area contributed by atoms with Gasteiger partial charge in [0.15, 0.2) is 6.10 Å². The molecule has 138 valence electrons. The van der Waals surface area contributed by atoms with Crippen LogP contribution in [0.5, 0.6) is 0 Å². The number of nitrogens with one attached hydrogen (secondary N) is 1. The topological polar surface area (TPSA) is 89.4 Å².